The molecule has 2 rings (SSSR count). The standard InChI is InChI=1S/C14H21FN2O2S/c1-10-7-11(16)8-12(13(10)15)20(18,19)17-9-14(2)5-3-4-6-14/h7-8,17H,3-6,9,16H2,1-2H3. The highest BCUT2D eigenvalue weighted by atomic mass is 32.2. The average molecular weight is 300 g/mol. The average Bonchev–Trinajstić information content (AvgIpc) is 2.79. The maximum atomic E-state index is 14.0. The Balaban J connectivity index is 2.22. The van der Waals surface area contributed by atoms with E-state index >= 15 is 0 Å². The van der Waals surface area contributed by atoms with Gasteiger partial charge >= 0.3 is 0 Å². The molecule has 0 aliphatic heterocycles. The predicted octanol–water partition coefficient (Wildman–Crippen LogP) is 2.57. The van der Waals surface area contributed by atoms with Gasteiger partial charge in [0.25, 0.3) is 0 Å². The highest BCUT2D eigenvalue weighted by Crippen LogP contribution is 2.37. The second kappa shape index (κ2) is 5.33. The zero-order valence-electron chi connectivity index (χ0n) is 11.9. The van der Waals surface area contributed by atoms with E-state index in [0.29, 0.717) is 6.54 Å². The molecule has 112 valence electrons. The van der Waals surface area contributed by atoms with Crippen molar-refractivity contribution in [3.63, 3.8) is 0 Å². The number of hydrogen-bond donors (Lipinski definition) is 2. The Kier molecular flexibility index (Phi) is 4.07. The molecule has 1 aromatic rings. The second-order valence-electron chi connectivity index (χ2n) is 5.99. The minimum absolute atomic E-state index is 0.0289. The molecule has 3 N–H and O–H groups in total. The molecule has 1 aliphatic carbocycles. The van der Waals surface area contributed by atoms with Crippen LogP contribution in [0.4, 0.5) is 10.1 Å². The summed E-state index contributed by atoms with van der Waals surface area (Å²) < 4.78 is 41.0. The summed E-state index contributed by atoms with van der Waals surface area (Å²) in [7, 11) is -3.87. The van der Waals surface area contributed by atoms with Gasteiger partial charge in [0.05, 0.1) is 0 Å². The molecule has 0 radical (unpaired) electrons. The lowest BCUT2D eigenvalue weighted by Crippen LogP contribution is -2.34. The minimum Gasteiger partial charge on any atom is -0.399 e. The van der Waals surface area contributed by atoms with Crippen LogP contribution in [0.5, 0.6) is 0 Å². The first kappa shape index (κ1) is 15.3. The molecule has 1 aliphatic rings. The zero-order valence-corrected chi connectivity index (χ0v) is 12.7. The lowest BCUT2D eigenvalue weighted by molar-refractivity contribution is 0.336. The van der Waals surface area contributed by atoms with Crippen LogP contribution < -0.4 is 10.5 Å². The summed E-state index contributed by atoms with van der Waals surface area (Å²) in [6.45, 7) is 3.90. The number of nitrogen functional groups attached to an aromatic ring is 1. The maximum Gasteiger partial charge on any atom is 0.243 e. The molecule has 0 spiro atoms. The van der Waals surface area contributed by atoms with Crippen molar-refractivity contribution in [2.45, 2.75) is 44.4 Å². The molecular formula is C14H21FN2O2S. The molecule has 1 fully saturated rings. The number of hydrogen-bond acceptors (Lipinski definition) is 3. The number of anilines is 1. The van der Waals surface area contributed by atoms with E-state index in [2.05, 4.69) is 11.6 Å². The van der Waals surface area contributed by atoms with Crippen LogP contribution >= 0.6 is 0 Å². The molecule has 0 unspecified atom stereocenters. The van der Waals surface area contributed by atoms with Crippen LogP contribution in [0.1, 0.15) is 38.2 Å². The number of benzene rings is 1. The molecule has 4 nitrogen and oxygen atoms in total. The molecule has 0 saturated heterocycles. The van der Waals surface area contributed by atoms with E-state index in [4.69, 9.17) is 5.73 Å². The van der Waals surface area contributed by atoms with Gasteiger partial charge in [0.15, 0.2) is 0 Å². The Bertz CT molecular complexity index is 608. The lowest BCUT2D eigenvalue weighted by atomic mass is 9.89. The third-order valence-corrected chi connectivity index (χ3v) is 5.43. The largest absolute Gasteiger partial charge is 0.399 e. The number of nitrogens with one attached hydrogen (secondary N) is 1. The number of halogens is 1. The van der Waals surface area contributed by atoms with Crippen LogP contribution in [0.25, 0.3) is 0 Å². The van der Waals surface area contributed by atoms with E-state index in [9.17, 15) is 12.8 Å². The smallest absolute Gasteiger partial charge is 0.243 e. The Hall–Kier alpha value is -1.14. The van der Waals surface area contributed by atoms with Crippen LogP contribution in [0, 0.1) is 18.2 Å². The topological polar surface area (TPSA) is 72.2 Å². The van der Waals surface area contributed by atoms with Gasteiger partial charge in [-0.1, -0.05) is 19.8 Å². The fraction of sp³-hybridized carbons (Fsp3) is 0.571. The summed E-state index contributed by atoms with van der Waals surface area (Å²) in [5, 5.41) is 0. The van der Waals surface area contributed by atoms with Crippen LogP contribution in [-0.2, 0) is 10.0 Å². The van der Waals surface area contributed by atoms with Gasteiger partial charge in [-0.3, -0.25) is 0 Å². The molecule has 0 heterocycles. The SMILES string of the molecule is Cc1cc(N)cc(S(=O)(=O)NCC2(C)CCCC2)c1F. The Morgan fingerprint density at radius 3 is 2.55 bits per heavy atom. The van der Waals surface area contributed by atoms with Gasteiger partial charge in [-0.05, 0) is 42.9 Å². The Morgan fingerprint density at radius 2 is 1.95 bits per heavy atom. The van der Waals surface area contributed by atoms with E-state index < -0.39 is 15.8 Å². The molecule has 20 heavy (non-hydrogen) atoms. The molecule has 1 aromatic carbocycles. The maximum absolute atomic E-state index is 14.0. The third kappa shape index (κ3) is 3.12. The van der Waals surface area contributed by atoms with E-state index in [1.54, 1.807) is 0 Å². The monoisotopic (exact) mass is 300 g/mol. The minimum atomic E-state index is -3.87. The van der Waals surface area contributed by atoms with Crippen molar-refractivity contribution < 1.29 is 12.8 Å². The summed E-state index contributed by atoms with van der Waals surface area (Å²) in [5.74, 6) is -0.733. The van der Waals surface area contributed by atoms with Crippen molar-refractivity contribution in [1.29, 1.82) is 0 Å². The van der Waals surface area contributed by atoms with E-state index in [0.717, 1.165) is 25.7 Å². The van der Waals surface area contributed by atoms with Crippen molar-refractivity contribution in [3.05, 3.63) is 23.5 Å². The van der Waals surface area contributed by atoms with Gasteiger partial charge < -0.3 is 5.73 Å². The van der Waals surface area contributed by atoms with E-state index in [1.807, 2.05) is 0 Å². The first-order valence-electron chi connectivity index (χ1n) is 6.79. The second-order valence-corrected chi connectivity index (χ2v) is 7.73. The van der Waals surface area contributed by atoms with Crippen LogP contribution in [0.3, 0.4) is 0 Å². The van der Waals surface area contributed by atoms with Gasteiger partial charge in [0.2, 0.25) is 10.0 Å². The first-order valence-corrected chi connectivity index (χ1v) is 8.27. The number of sulfonamides is 1. The summed E-state index contributed by atoms with van der Waals surface area (Å²) in [6.07, 6.45) is 4.22. The molecule has 6 heteroatoms. The van der Waals surface area contributed by atoms with Crippen molar-refractivity contribution in [3.8, 4) is 0 Å². The normalized spacial score (nSPS) is 18.4. The molecule has 0 aromatic heterocycles. The molecule has 0 bridgehead atoms. The highest BCUT2D eigenvalue weighted by molar-refractivity contribution is 7.89. The van der Waals surface area contributed by atoms with Crippen molar-refractivity contribution >= 4 is 15.7 Å². The fourth-order valence-corrected chi connectivity index (χ4v) is 4.09. The van der Waals surface area contributed by atoms with Crippen molar-refractivity contribution in [1.82, 2.24) is 4.72 Å². The quantitative estimate of drug-likeness (QED) is 0.839. The third-order valence-electron chi connectivity index (χ3n) is 4.03. The van der Waals surface area contributed by atoms with E-state index in [-0.39, 0.29) is 21.6 Å². The Labute approximate surface area is 119 Å². The van der Waals surface area contributed by atoms with Gasteiger partial charge in [-0.25, -0.2) is 17.5 Å². The number of nitrogens with two attached hydrogens (primary N) is 1. The van der Waals surface area contributed by atoms with Crippen molar-refractivity contribution in [2.24, 2.45) is 5.41 Å². The highest BCUT2D eigenvalue weighted by Gasteiger charge is 2.31. The van der Waals surface area contributed by atoms with Gasteiger partial charge in [0.1, 0.15) is 10.7 Å². The van der Waals surface area contributed by atoms with Gasteiger partial charge in [-0.15, -0.1) is 0 Å². The summed E-state index contributed by atoms with van der Waals surface area (Å²) >= 11 is 0. The molecular weight excluding hydrogens is 279 g/mol. The molecule has 0 amide bonds. The fourth-order valence-electron chi connectivity index (χ4n) is 2.71. The summed E-state index contributed by atoms with van der Waals surface area (Å²) in [4.78, 5) is -0.364. The zero-order chi connectivity index (χ0) is 15.0. The van der Waals surface area contributed by atoms with Crippen molar-refractivity contribution in [2.75, 3.05) is 12.3 Å². The summed E-state index contributed by atoms with van der Waals surface area (Å²) in [6, 6.07) is 2.59. The summed E-state index contributed by atoms with van der Waals surface area (Å²) in [5.41, 5.74) is 6.06. The lowest BCUT2D eigenvalue weighted by Gasteiger charge is -2.23. The van der Waals surface area contributed by atoms with Crippen LogP contribution in [-0.4, -0.2) is 15.0 Å². The molecule has 1 saturated carbocycles. The van der Waals surface area contributed by atoms with Gasteiger partial charge in [0, 0.05) is 12.2 Å². The van der Waals surface area contributed by atoms with Gasteiger partial charge in [-0.2, -0.15) is 0 Å². The van der Waals surface area contributed by atoms with Crippen LogP contribution in [0.2, 0.25) is 0 Å². The molecule has 0 atom stereocenters. The first-order chi connectivity index (χ1) is 9.23. The predicted molar refractivity (Wildman–Crippen MR) is 77.3 cm³/mol. The van der Waals surface area contributed by atoms with Crippen LogP contribution in [0.15, 0.2) is 17.0 Å². The number of rotatable bonds is 4. The Morgan fingerprint density at radius 1 is 1.35 bits per heavy atom. The number of aryl methyl sites for hydroxylation is 1. The van der Waals surface area contributed by atoms with E-state index in [1.165, 1.54) is 19.1 Å².